The fourth-order valence-electron chi connectivity index (χ4n) is 2.40. The molecule has 0 aromatic carbocycles. The lowest BCUT2D eigenvalue weighted by atomic mass is 9.79. The Balaban J connectivity index is 1.87. The summed E-state index contributed by atoms with van der Waals surface area (Å²) < 4.78 is 0. The minimum absolute atomic E-state index is 0.220. The van der Waals surface area contributed by atoms with Gasteiger partial charge in [0.25, 0.3) is 5.91 Å². The number of anilines is 1. The van der Waals surface area contributed by atoms with Crippen LogP contribution in [0.1, 0.15) is 50.0 Å². The average Bonchev–Trinajstić information content (AvgIpc) is 2.88. The first-order chi connectivity index (χ1) is 9.88. The second kappa shape index (κ2) is 6.53. The second-order valence-electron chi connectivity index (χ2n) is 5.81. The van der Waals surface area contributed by atoms with Gasteiger partial charge < -0.3 is 15.7 Å². The maximum atomic E-state index is 12.0. The first-order valence-corrected chi connectivity index (χ1v) is 8.00. The van der Waals surface area contributed by atoms with Gasteiger partial charge in [-0.2, -0.15) is 0 Å². The molecule has 0 bridgehead atoms. The largest absolute Gasteiger partial charge is 0.388 e. The Morgan fingerprint density at radius 2 is 2.14 bits per heavy atom. The Hall–Kier alpha value is -1.47. The number of nitrogens with one attached hydrogen (secondary N) is 2. The van der Waals surface area contributed by atoms with Gasteiger partial charge in [0.2, 0.25) is 5.91 Å². The van der Waals surface area contributed by atoms with Crippen LogP contribution in [0, 0.1) is 5.92 Å². The Morgan fingerprint density at radius 3 is 2.76 bits per heavy atom. The Morgan fingerprint density at radius 1 is 1.48 bits per heavy atom. The molecule has 1 aromatic rings. The van der Waals surface area contributed by atoms with Gasteiger partial charge >= 0.3 is 0 Å². The van der Waals surface area contributed by atoms with Gasteiger partial charge in [0, 0.05) is 18.8 Å². The molecule has 7 heteroatoms. The molecule has 1 heterocycles. The molecule has 0 radical (unpaired) electrons. The number of amides is 2. The molecular weight excluding hydrogens is 290 g/mol. The summed E-state index contributed by atoms with van der Waals surface area (Å²) in [6, 6.07) is 0. The maximum Gasteiger partial charge on any atom is 0.270 e. The molecule has 2 amide bonds. The van der Waals surface area contributed by atoms with Gasteiger partial charge in [0.1, 0.15) is 5.69 Å². The summed E-state index contributed by atoms with van der Waals surface area (Å²) in [5, 5.41) is 17.7. The summed E-state index contributed by atoms with van der Waals surface area (Å²) in [4.78, 5) is 27.0. The van der Waals surface area contributed by atoms with Gasteiger partial charge in [-0.25, -0.2) is 4.98 Å². The lowest BCUT2D eigenvalue weighted by Gasteiger charge is -2.34. The monoisotopic (exact) mass is 311 g/mol. The van der Waals surface area contributed by atoms with E-state index in [1.807, 2.05) is 0 Å². The SMILES string of the molecule is CC(=O)Nc1nc(C(=O)NCC2(O)CCC(C)CC2)cs1. The molecule has 0 unspecified atom stereocenters. The third kappa shape index (κ3) is 4.50. The van der Waals surface area contributed by atoms with Crippen molar-refractivity contribution in [3.05, 3.63) is 11.1 Å². The van der Waals surface area contributed by atoms with E-state index in [4.69, 9.17) is 0 Å². The van der Waals surface area contributed by atoms with Crippen molar-refractivity contribution < 1.29 is 14.7 Å². The Kier molecular flexibility index (Phi) is 4.95. The molecule has 1 aromatic heterocycles. The minimum atomic E-state index is -0.807. The highest BCUT2D eigenvalue weighted by Crippen LogP contribution is 2.31. The van der Waals surface area contributed by atoms with Crippen molar-refractivity contribution in [1.82, 2.24) is 10.3 Å². The van der Waals surface area contributed by atoms with Crippen LogP contribution in [0.25, 0.3) is 0 Å². The third-order valence-electron chi connectivity index (χ3n) is 3.80. The number of thiazole rings is 1. The van der Waals surface area contributed by atoms with Crippen LogP contribution in [0.4, 0.5) is 5.13 Å². The Bertz CT molecular complexity index is 521. The standard InChI is InChI=1S/C14H21N3O3S/c1-9-3-5-14(20,6-4-9)8-15-12(19)11-7-21-13(17-11)16-10(2)18/h7,9,20H,3-6,8H2,1-2H3,(H,15,19)(H,16,17,18). The number of aliphatic hydroxyl groups is 1. The summed E-state index contributed by atoms with van der Waals surface area (Å²) >= 11 is 1.20. The number of aromatic nitrogens is 1. The molecule has 0 aliphatic heterocycles. The van der Waals surface area contributed by atoms with Gasteiger partial charge in [-0.1, -0.05) is 6.92 Å². The first kappa shape index (κ1) is 15.9. The van der Waals surface area contributed by atoms with Crippen LogP contribution in [0.5, 0.6) is 0 Å². The number of hydrogen-bond acceptors (Lipinski definition) is 5. The summed E-state index contributed by atoms with van der Waals surface area (Å²) in [5.74, 6) is 0.0941. The van der Waals surface area contributed by atoms with Crippen molar-refractivity contribution in [2.24, 2.45) is 5.92 Å². The molecule has 6 nitrogen and oxygen atoms in total. The lowest BCUT2D eigenvalue weighted by Crippen LogP contribution is -2.45. The van der Waals surface area contributed by atoms with Crippen molar-refractivity contribution >= 4 is 28.3 Å². The van der Waals surface area contributed by atoms with E-state index in [1.165, 1.54) is 18.3 Å². The van der Waals surface area contributed by atoms with E-state index in [9.17, 15) is 14.7 Å². The van der Waals surface area contributed by atoms with Crippen molar-refractivity contribution in [2.45, 2.75) is 45.1 Å². The van der Waals surface area contributed by atoms with E-state index < -0.39 is 5.60 Å². The zero-order valence-electron chi connectivity index (χ0n) is 12.3. The van der Waals surface area contributed by atoms with Crippen molar-refractivity contribution in [1.29, 1.82) is 0 Å². The third-order valence-corrected chi connectivity index (χ3v) is 4.56. The molecule has 2 rings (SSSR count). The predicted octanol–water partition coefficient (Wildman–Crippen LogP) is 1.77. The molecule has 1 saturated carbocycles. The topological polar surface area (TPSA) is 91.3 Å². The highest BCUT2D eigenvalue weighted by Gasteiger charge is 2.32. The molecule has 0 atom stereocenters. The van der Waals surface area contributed by atoms with Crippen molar-refractivity contribution in [2.75, 3.05) is 11.9 Å². The average molecular weight is 311 g/mol. The minimum Gasteiger partial charge on any atom is -0.388 e. The van der Waals surface area contributed by atoms with Gasteiger partial charge in [-0.3, -0.25) is 9.59 Å². The van der Waals surface area contributed by atoms with Crippen LogP contribution in [-0.4, -0.2) is 34.1 Å². The number of carbonyl (C=O) groups excluding carboxylic acids is 2. The van der Waals surface area contributed by atoms with Gasteiger partial charge in [-0.15, -0.1) is 11.3 Å². The smallest absolute Gasteiger partial charge is 0.270 e. The summed E-state index contributed by atoms with van der Waals surface area (Å²) in [7, 11) is 0. The molecular formula is C14H21N3O3S. The molecule has 3 N–H and O–H groups in total. The first-order valence-electron chi connectivity index (χ1n) is 7.12. The van der Waals surface area contributed by atoms with E-state index >= 15 is 0 Å². The van der Waals surface area contributed by atoms with E-state index in [-0.39, 0.29) is 24.1 Å². The van der Waals surface area contributed by atoms with Gasteiger partial charge in [0.15, 0.2) is 5.13 Å². The van der Waals surface area contributed by atoms with E-state index in [2.05, 4.69) is 22.5 Å². The number of nitrogens with zero attached hydrogens (tertiary/aromatic N) is 1. The summed E-state index contributed by atoms with van der Waals surface area (Å²) in [5.41, 5.74) is -0.546. The van der Waals surface area contributed by atoms with Gasteiger partial charge in [0.05, 0.1) is 5.60 Å². The fourth-order valence-corrected chi connectivity index (χ4v) is 3.13. The van der Waals surface area contributed by atoms with Crippen LogP contribution < -0.4 is 10.6 Å². The molecule has 1 aliphatic rings. The van der Waals surface area contributed by atoms with E-state index in [0.29, 0.717) is 23.9 Å². The van der Waals surface area contributed by atoms with Crippen LogP contribution >= 0.6 is 11.3 Å². The second-order valence-corrected chi connectivity index (χ2v) is 6.67. The lowest BCUT2D eigenvalue weighted by molar-refractivity contribution is -0.114. The molecule has 0 spiro atoms. The van der Waals surface area contributed by atoms with Crippen LogP contribution in [0.15, 0.2) is 5.38 Å². The number of carbonyl (C=O) groups is 2. The maximum absolute atomic E-state index is 12.0. The van der Waals surface area contributed by atoms with Gasteiger partial charge in [-0.05, 0) is 31.6 Å². The highest BCUT2D eigenvalue weighted by molar-refractivity contribution is 7.14. The van der Waals surface area contributed by atoms with E-state index in [0.717, 1.165) is 12.8 Å². The fraction of sp³-hybridized carbons (Fsp3) is 0.643. The summed E-state index contributed by atoms with van der Waals surface area (Å²) in [6.45, 7) is 3.81. The Labute approximate surface area is 128 Å². The molecule has 0 saturated heterocycles. The highest BCUT2D eigenvalue weighted by atomic mass is 32.1. The van der Waals surface area contributed by atoms with Crippen molar-refractivity contribution in [3.8, 4) is 0 Å². The number of rotatable bonds is 4. The van der Waals surface area contributed by atoms with Crippen LogP contribution in [0.2, 0.25) is 0 Å². The number of hydrogen-bond donors (Lipinski definition) is 3. The van der Waals surface area contributed by atoms with Crippen LogP contribution in [-0.2, 0) is 4.79 Å². The molecule has 1 fully saturated rings. The van der Waals surface area contributed by atoms with Crippen molar-refractivity contribution in [3.63, 3.8) is 0 Å². The summed E-state index contributed by atoms with van der Waals surface area (Å²) in [6.07, 6.45) is 3.39. The quantitative estimate of drug-likeness (QED) is 0.790. The zero-order valence-corrected chi connectivity index (χ0v) is 13.1. The normalized spacial score (nSPS) is 25.4. The zero-order chi connectivity index (χ0) is 15.5. The molecule has 21 heavy (non-hydrogen) atoms. The predicted molar refractivity (Wildman–Crippen MR) is 81.3 cm³/mol. The van der Waals surface area contributed by atoms with E-state index in [1.54, 1.807) is 5.38 Å². The van der Waals surface area contributed by atoms with Crippen LogP contribution in [0.3, 0.4) is 0 Å². The molecule has 116 valence electrons. The molecule has 1 aliphatic carbocycles.